The standard InChI is InChI=1S/C27H26N6O3S/c1-35-27(34)33-14-12-32(13-15-33)17-19-6-8-20(9-7-19)18-36-26-29-11-10-22(31-26)21(16-28)25-30-23-4-2-3-5-24(23)37-25/h2-11,30H,12-15,17-18H2,1H3. The van der Waals surface area contributed by atoms with Gasteiger partial charge in [-0.1, -0.05) is 48.2 Å². The number of ether oxygens (including phenoxy) is 2. The number of fused-ring (bicyclic) bond motifs is 1. The van der Waals surface area contributed by atoms with Crippen LogP contribution in [0.3, 0.4) is 0 Å². The van der Waals surface area contributed by atoms with Gasteiger partial charge in [-0.3, -0.25) is 4.90 Å². The van der Waals surface area contributed by atoms with E-state index in [1.807, 2.05) is 36.4 Å². The molecule has 1 saturated heterocycles. The van der Waals surface area contributed by atoms with Gasteiger partial charge >= 0.3 is 12.1 Å². The summed E-state index contributed by atoms with van der Waals surface area (Å²) in [6.45, 7) is 4.11. The van der Waals surface area contributed by atoms with E-state index in [-0.39, 0.29) is 12.1 Å². The normalized spacial score (nSPS) is 16.4. The molecule has 0 bridgehead atoms. The van der Waals surface area contributed by atoms with E-state index in [9.17, 15) is 10.1 Å². The van der Waals surface area contributed by atoms with E-state index in [0.29, 0.717) is 31.0 Å². The highest BCUT2D eigenvalue weighted by molar-refractivity contribution is 8.04. The van der Waals surface area contributed by atoms with E-state index in [4.69, 9.17) is 9.47 Å². The molecule has 1 fully saturated rings. The van der Waals surface area contributed by atoms with Crippen molar-refractivity contribution in [3.05, 3.63) is 82.6 Å². The van der Waals surface area contributed by atoms with Gasteiger partial charge in [0.05, 0.1) is 23.5 Å². The lowest BCUT2D eigenvalue weighted by Crippen LogP contribution is -2.48. The van der Waals surface area contributed by atoms with Crippen LogP contribution < -0.4 is 10.1 Å². The molecule has 188 valence electrons. The maximum absolute atomic E-state index is 11.6. The van der Waals surface area contributed by atoms with Crippen molar-refractivity contribution in [2.45, 2.75) is 18.0 Å². The molecule has 37 heavy (non-hydrogen) atoms. The molecule has 1 aromatic heterocycles. The van der Waals surface area contributed by atoms with Gasteiger partial charge < -0.3 is 19.7 Å². The molecule has 3 aromatic rings. The van der Waals surface area contributed by atoms with Gasteiger partial charge in [0.15, 0.2) is 0 Å². The lowest BCUT2D eigenvalue weighted by molar-refractivity contribution is 0.0889. The second kappa shape index (κ2) is 11.3. The minimum Gasteiger partial charge on any atom is -0.459 e. The first-order valence-electron chi connectivity index (χ1n) is 11.9. The van der Waals surface area contributed by atoms with Crippen LogP contribution >= 0.6 is 11.8 Å². The van der Waals surface area contributed by atoms with E-state index in [1.54, 1.807) is 17.2 Å². The first kappa shape index (κ1) is 24.6. The van der Waals surface area contributed by atoms with E-state index in [1.165, 1.54) is 24.4 Å². The van der Waals surface area contributed by atoms with Crippen molar-refractivity contribution in [3.8, 4) is 12.1 Å². The van der Waals surface area contributed by atoms with Crippen molar-refractivity contribution in [3.63, 3.8) is 0 Å². The fourth-order valence-electron chi connectivity index (χ4n) is 4.17. The predicted octanol–water partition coefficient (Wildman–Crippen LogP) is 4.35. The molecule has 0 atom stereocenters. The number of nitriles is 1. The summed E-state index contributed by atoms with van der Waals surface area (Å²) in [6, 6.07) is 20.4. The van der Waals surface area contributed by atoms with Crippen molar-refractivity contribution in [2.24, 2.45) is 0 Å². The third-order valence-electron chi connectivity index (χ3n) is 6.18. The molecule has 1 amide bonds. The van der Waals surface area contributed by atoms with Gasteiger partial charge in [-0.05, 0) is 29.3 Å². The van der Waals surface area contributed by atoms with Crippen molar-refractivity contribution in [1.82, 2.24) is 19.8 Å². The van der Waals surface area contributed by atoms with Crippen molar-refractivity contribution >= 4 is 29.1 Å². The summed E-state index contributed by atoms with van der Waals surface area (Å²) in [4.78, 5) is 25.5. The molecule has 10 heteroatoms. The molecular weight excluding hydrogens is 488 g/mol. The average molecular weight is 515 g/mol. The van der Waals surface area contributed by atoms with Gasteiger partial charge in [-0.2, -0.15) is 10.2 Å². The van der Waals surface area contributed by atoms with Gasteiger partial charge in [0.2, 0.25) is 0 Å². The average Bonchev–Trinajstić information content (AvgIpc) is 3.37. The first-order valence-corrected chi connectivity index (χ1v) is 12.7. The maximum Gasteiger partial charge on any atom is 0.409 e. The van der Waals surface area contributed by atoms with E-state index in [2.05, 4.69) is 38.4 Å². The Hall–Kier alpha value is -4.07. The van der Waals surface area contributed by atoms with Gasteiger partial charge in [0, 0.05) is 43.8 Å². The zero-order chi connectivity index (χ0) is 25.6. The molecule has 0 radical (unpaired) electrons. The zero-order valence-corrected chi connectivity index (χ0v) is 21.2. The number of nitrogens with one attached hydrogen (secondary N) is 1. The van der Waals surface area contributed by atoms with Crippen LogP contribution in [0.15, 0.2) is 70.7 Å². The monoisotopic (exact) mass is 514 g/mol. The van der Waals surface area contributed by atoms with Crippen molar-refractivity contribution in [2.75, 3.05) is 38.6 Å². The second-order valence-corrected chi connectivity index (χ2v) is 9.65. The van der Waals surface area contributed by atoms with Crippen LogP contribution in [0, 0.1) is 11.3 Å². The highest BCUT2D eigenvalue weighted by Crippen LogP contribution is 2.43. The highest BCUT2D eigenvalue weighted by Gasteiger charge is 2.22. The minimum atomic E-state index is -0.265. The molecule has 2 aromatic carbocycles. The summed E-state index contributed by atoms with van der Waals surface area (Å²) in [5, 5.41) is 13.9. The number of anilines is 1. The Morgan fingerprint density at radius 3 is 2.57 bits per heavy atom. The van der Waals surface area contributed by atoms with E-state index < -0.39 is 0 Å². The van der Waals surface area contributed by atoms with Gasteiger partial charge in [-0.15, -0.1) is 0 Å². The van der Waals surface area contributed by atoms with Crippen LogP contribution in [0.1, 0.15) is 16.8 Å². The molecule has 5 rings (SSSR count). The van der Waals surface area contributed by atoms with Crippen LogP contribution in [0.25, 0.3) is 5.57 Å². The number of hydrogen-bond donors (Lipinski definition) is 1. The number of carbonyl (C=O) groups excluding carboxylic acids is 1. The smallest absolute Gasteiger partial charge is 0.409 e. The molecule has 1 N–H and O–H groups in total. The Labute approximate surface area is 219 Å². The number of aromatic nitrogens is 2. The fourth-order valence-corrected chi connectivity index (χ4v) is 5.18. The number of thioether (sulfide) groups is 1. The number of hydrogen-bond acceptors (Lipinski definition) is 9. The number of rotatable bonds is 6. The molecule has 0 saturated carbocycles. The molecule has 3 heterocycles. The Morgan fingerprint density at radius 2 is 1.84 bits per heavy atom. The number of allylic oxidation sites excluding steroid dienone is 1. The molecule has 2 aliphatic heterocycles. The summed E-state index contributed by atoms with van der Waals surface area (Å²) in [5.74, 6) is 0. The first-order chi connectivity index (χ1) is 18.1. The van der Waals surface area contributed by atoms with Crippen LogP contribution in [0.2, 0.25) is 0 Å². The Kier molecular flexibility index (Phi) is 7.54. The maximum atomic E-state index is 11.6. The molecule has 0 spiro atoms. The number of benzene rings is 2. The van der Waals surface area contributed by atoms with Crippen LogP contribution in [-0.2, 0) is 17.9 Å². The Bertz CT molecular complexity index is 1320. The number of para-hydroxylation sites is 1. The second-order valence-electron chi connectivity index (χ2n) is 8.60. The highest BCUT2D eigenvalue weighted by atomic mass is 32.2. The quantitative estimate of drug-likeness (QED) is 0.481. The van der Waals surface area contributed by atoms with Crippen LogP contribution in [0.5, 0.6) is 6.01 Å². The fraction of sp³-hybridized carbons (Fsp3) is 0.259. The number of methoxy groups -OCH3 is 1. The number of piperazine rings is 1. The predicted molar refractivity (Wildman–Crippen MR) is 141 cm³/mol. The topological polar surface area (TPSA) is 104 Å². The lowest BCUT2D eigenvalue weighted by Gasteiger charge is -2.33. The zero-order valence-electron chi connectivity index (χ0n) is 20.4. The third-order valence-corrected chi connectivity index (χ3v) is 7.26. The van der Waals surface area contributed by atoms with E-state index >= 15 is 0 Å². The summed E-state index contributed by atoms with van der Waals surface area (Å²) in [6.07, 6.45) is 1.34. The van der Waals surface area contributed by atoms with E-state index in [0.717, 1.165) is 40.8 Å². The molecular formula is C27H26N6O3S. The van der Waals surface area contributed by atoms with Crippen LogP contribution in [-0.4, -0.2) is 59.1 Å². The van der Waals surface area contributed by atoms with Crippen molar-refractivity contribution in [1.29, 1.82) is 5.26 Å². The summed E-state index contributed by atoms with van der Waals surface area (Å²) < 4.78 is 10.6. The van der Waals surface area contributed by atoms with Crippen LogP contribution in [0.4, 0.5) is 10.5 Å². The summed E-state index contributed by atoms with van der Waals surface area (Å²) in [7, 11) is 1.41. The van der Waals surface area contributed by atoms with Gasteiger partial charge in [0.1, 0.15) is 18.2 Å². The number of amides is 1. The molecule has 2 aliphatic rings. The van der Waals surface area contributed by atoms with Gasteiger partial charge in [0.25, 0.3) is 0 Å². The summed E-state index contributed by atoms with van der Waals surface area (Å²) >= 11 is 1.51. The largest absolute Gasteiger partial charge is 0.459 e. The molecule has 9 nitrogen and oxygen atoms in total. The number of carbonyl (C=O) groups is 1. The minimum absolute atomic E-state index is 0.221. The Balaban J connectivity index is 1.17. The molecule has 0 unspecified atom stereocenters. The lowest BCUT2D eigenvalue weighted by atomic mass is 10.1. The summed E-state index contributed by atoms with van der Waals surface area (Å²) in [5.41, 5.74) is 4.13. The van der Waals surface area contributed by atoms with Gasteiger partial charge in [-0.25, -0.2) is 9.78 Å². The third kappa shape index (κ3) is 5.85. The van der Waals surface area contributed by atoms with Crippen molar-refractivity contribution < 1.29 is 14.3 Å². The number of nitrogens with zero attached hydrogens (tertiary/aromatic N) is 5. The molecule has 0 aliphatic carbocycles. The Morgan fingerprint density at radius 1 is 1.08 bits per heavy atom. The SMILES string of the molecule is COC(=O)N1CCN(Cc2ccc(COc3nccc(C(C#N)=C4Nc5ccccc5S4)n3)cc2)CC1.